The molecule has 0 aromatic heterocycles. The molecule has 0 saturated heterocycles. The number of rotatable bonds is 4. The number of methoxy groups -OCH3 is 1. The van der Waals surface area contributed by atoms with Crippen molar-refractivity contribution in [1.29, 1.82) is 0 Å². The second-order valence-corrected chi connectivity index (χ2v) is 6.01. The summed E-state index contributed by atoms with van der Waals surface area (Å²) in [6, 6.07) is 11.6. The minimum atomic E-state index is 0.607. The Morgan fingerprint density at radius 1 is 1.11 bits per heavy atom. The van der Waals surface area contributed by atoms with Gasteiger partial charge in [0.1, 0.15) is 5.75 Å². The van der Waals surface area contributed by atoms with Crippen LogP contribution in [0.5, 0.6) is 5.75 Å². The van der Waals surface area contributed by atoms with E-state index < -0.39 is 0 Å². The van der Waals surface area contributed by atoms with Crippen LogP contribution in [0.1, 0.15) is 5.56 Å². The summed E-state index contributed by atoms with van der Waals surface area (Å²) in [7, 11) is 1.60. The molecule has 0 amide bonds. The molecule has 0 heterocycles. The van der Waals surface area contributed by atoms with Gasteiger partial charge in [-0.15, -0.1) is 0 Å². The predicted octanol–water partition coefficient (Wildman–Crippen LogP) is 5.22. The molecule has 0 saturated carbocycles. The Labute approximate surface area is 136 Å². The monoisotopic (exact) mass is 407 g/mol. The Bertz CT molecular complexity index is 590. The molecule has 0 unspecified atom stereocenters. The van der Waals surface area contributed by atoms with E-state index in [-0.39, 0.29) is 0 Å². The normalized spacial score (nSPS) is 10.3. The van der Waals surface area contributed by atoms with Gasteiger partial charge < -0.3 is 10.1 Å². The molecule has 19 heavy (non-hydrogen) atoms. The molecule has 0 fully saturated rings. The van der Waals surface area contributed by atoms with Crippen molar-refractivity contribution in [2.75, 3.05) is 12.4 Å². The average Bonchev–Trinajstić information content (AvgIpc) is 2.38. The molecule has 100 valence electrons. The highest BCUT2D eigenvalue weighted by atomic mass is 127. The van der Waals surface area contributed by atoms with E-state index in [1.165, 1.54) is 0 Å². The Morgan fingerprint density at radius 2 is 1.89 bits per heavy atom. The summed E-state index contributed by atoms with van der Waals surface area (Å²) in [6.45, 7) is 0.657. The van der Waals surface area contributed by atoms with Gasteiger partial charge in [-0.25, -0.2) is 0 Å². The number of hydrogen-bond acceptors (Lipinski definition) is 2. The lowest BCUT2D eigenvalue weighted by Gasteiger charge is -2.10. The second-order valence-electron chi connectivity index (χ2n) is 3.95. The number of ether oxygens (including phenoxy) is 1. The van der Waals surface area contributed by atoms with E-state index in [1.807, 2.05) is 36.4 Å². The van der Waals surface area contributed by atoms with Crippen molar-refractivity contribution < 1.29 is 4.74 Å². The van der Waals surface area contributed by atoms with Crippen LogP contribution in [-0.2, 0) is 6.54 Å². The topological polar surface area (TPSA) is 21.3 Å². The summed E-state index contributed by atoms with van der Waals surface area (Å²) < 4.78 is 6.23. The zero-order valence-electron chi connectivity index (χ0n) is 10.2. The fourth-order valence-corrected chi connectivity index (χ4v) is 2.85. The SMILES string of the molecule is COc1ccc(CNc2ccc(I)cc2Cl)cc1Cl. The Balaban J connectivity index is 2.08. The quantitative estimate of drug-likeness (QED) is 0.701. The summed E-state index contributed by atoms with van der Waals surface area (Å²) in [5.74, 6) is 0.678. The number of halogens is 3. The maximum atomic E-state index is 6.16. The van der Waals surface area contributed by atoms with E-state index in [2.05, 4.69) is 27.9 Å². The molecule has 2 aromatic rings. The molecular weight excluding hydrogens is 396 g/mol. The largest absolute Gasteiger partial charge is 0.495 e. The summed E-state index contributed by atoms with van der Waals surface area (Å²) in [4.78, 5) is 0. The van der Waals surface area contributed by atoms with Crippen molar-refractivity contribution in [3.8, 4) is 5.75 Å². The fraction of sp³-hybridized carbons (Fsp3) is 0.143. The van der Waals surface area contributed by atoms with Gasteiger partial charge in [-0.05, 0) is 58.5 Å². The van der Waals surface area contributed by atoms with Gasteiger partial charge in [0.2, 0.25) is 0 Å². The van der Waals surface area contributed by atoms with Crippen molar-refractivity contribution in [3.05, 3.63) is 55.6 Å². The third-order valence-corrected chi connectivity index (χ3v) is 3.91. The minimum absolute atomic E-state index is 0.607. The lowest BCUT2D eigenvalue weighted by atomic mass is 10.2. The van der Waals surface area contributed by atoms with Gasteiger partial charge >= 0.3 is 0 Å². The van der Waals surface area contributed by atoms with Crippen molar-refractivity contribution in [3.63, 3.8) is 0 Å². The first-order valence-corrected chi connectivity index (χ1v) is 7.45. The van der Waals surface area contributed by atoms with Gasteiger partial charge in [0, 0.05) is 10.1 Å². The van der Waals surface area contributed by atoms with Gasteiger partial charge in [-0.3, -0.25) is 0 Å². The maximum Gasteiger partial charge on any atom is 0.137 e. The highest BCUT2D eigenvalue weighted by Crippen LogP contribution is 2.27. The molecule has 2 aromatic carbocycles. The zero-order chi connectivity index (χ0) is 13.8. The number of nitrogens with one attached hydrogen (secondary N) is 1. The highest BCUT2D eigenvalue weighted by Gasteiger charge is 2.04. The first-order chi connectivity index (χ1) is 9.10. The number of benzene rings is 2. The van der Waals surface area contributed by atoms with Crippen molar-refractivity contribution in [2.45, 2.75) is 6.54 Å². The third kappa shape index (κ3) is 3.91. The molecule has 5 heteroatoms. The lowest BCUT2D eigenvalue weighted by Crippen LogP contribution is -2.00. The molecule has 1 N–H and O–H groups in total. The van der Waals surface area contributed by atoms with Crippen LogP contribution >= 0.6 is 45.8 Å². The van der Waals surface area contributed by atoms with Crippen molar-refractivity contribution in [1.82, 2.24) is 0 Å². The molecule has 2 nitrogen and oxygen atoms in total. The summed E-state index contributed by atoms with van der Waals surface area (Å²) in [5, 5.41) is 4.61. The first-order valence-electron chi connectivity index (χ1n) is 5.61. The molecule has 0 aliphatic heterocycles. The van der Waals surface area contributed by atoms with Gasteiger partial charge in [0.25, 0.3) is 0 Å². The third-order valence-electron chi connectivity index (χ3n) is 2.63. The van der Waals surface area contributed by atoms with Crippen LogP contribution in [0.4, 0.5) is 5.69 Å². The van der Waals surface area contributed by atoms with E-state index >= 15 is 0 Å². The zero-order valence-corrected chi connectivity index (χ0v) is 13.9. The number of anilines is 1. The Hall–Kier alpha value is -0.650. The Morgan fingerprint density at radius 3 is 2.53 bits per heavy atom. The van der Waals surface area contributed by atoms with E-state index in [0.29, 0.717) is 22.3 Å². The highest BCUT2D eigenvalue weighted by molar-refractivity contribution is 14.1. The summed E-state index contributed by atoms with van der Waals surface area (Å²) >= 11 is 14.5. The standard InChI is InChI=1S/C14H12Cl2INO/c1-19-14-5-2-9(6-12(14)16)8-18-13-4-3-10(17)7-11(13)15/h2-7,18H,8H2,1H3. The molecule has 2 rings (SSSR count). The van der Waals surface area contributed by atoms with E-state index in [0.717, 1.165) is 14.8 Å². The molecule has 0 spiro atoms. The van der Waals surface area contributed by atoms with Crippen LogP contribution in [-0.4, -0.2) is 7.11 Å². The van der Waals surface area contributed by atoms with Gasteiger partial charge in [0.05, 0.1) is 22.8 Å². The van der Waals surface area contributed by atoms with E-state index in [9.17, 15) is 0 Å². The first kappa shape index (κ1) is 14.8. The molecular formula is C14H12Cl2INO. The van der Waals surface area contributed by atoms with Crippen LogP contribution in [0.15, 0.2) is 36.4 Å². The molecule has 0 aliphatic carbocycles. The van der Waals surface area contributed by atoms with Crippen LogP contribution in [0.25, 0.3) is 0 Å². The Kier molecular flexibility index (Phi) is 5.19. The van der Waals surface area contributed by atoms with E-state index in [1.54, 1.807) is 7.11 Å². The van der Waals surface area contributed by atoms with Gasteiger partial charge in [-0.2, -0.15) is 0 Å². The molecule has 0 radical (unpaired) electrons. The van der Waals surface area contributed by atoms with Crippen molar-refractivity contribution >= 4 is 51.5 Å². The fourth-order valence-electron chi connectivity index (χ4n) is 1.65. The number of hydrogen-bond donors (Lipinski definition) is 1. The van der Waals surface area contributed by atoms with Crippen LogP contribution in [0, 0.1) is 3.57 Å². The predicted molar refractivity (Wildman–Crippen MR) is 89.5 cm³/mol. The molecule has 0 aliphatic rings. The summed E-state index contributed by atoms with van der Waals surface area (Å²) in [5.41, 5.74) is 1.98. The summed E-state index contributed by atoms with van der Waals surface area (Å²) in [6.07, 6.45) is 0. The smallest absolute Gasteiger partial charge is 0.137 e. The van der Waals surface area contributed by atoms with E-state index in [4.69, 9.17) is 27.9 Å². The second kappa shape index (κ2) is 6.68. The lowest BCUT2D eigenvalue weighted by molar-refractivity contribution is 0.415. The van der Waals surface area contributed by atoms with Crippen molar-refractivity contribution in [2.24, 2.45) is 0 Å². The minimum Gasteiger partial charge on any atom is -0.495 e. The van der Waals surface area contributed by atoms with Gasteiger partial charge in [0.15, 0.2) is 0 Å². The average molecular weight is 408 g/mol. The van der Waals surface area contributed by atoms with Gasteiger partial charge in [-0.1, -0.05) is 29.3 Å². The van der Waals surface area contributed by atoms with Crippen LogP contribution in [0.3, 0.4) is 0 Å². The maximum absolute atomic E-state index is 6.16. The van der Waals surface area contributed by atoms with Crippen LogP contribution in [0.2, 0.25) is 10.0 Å². The molecule has 0 bridgehead atoms. The molecule has 0 atom stereocenters. The van der Waals surface area contributed by atoms with Crippen LogP contribution < -0.4 is 10.1 Å².